The van der Waals surface area contributed by atoms with E-state index < -0.39 is 26.3 Å². The summed E-state index contributed by atoms with van der Waals surface area (Å²) in [5.74, 6) is -0.973. The molecule has 1 unspecified atom stereocenters. The van der Waals surface area contributed by atoms with E-state index in [4.69, 9.17) is 16.7 Å². The molecule has 1 atom stereocenters. The Morgan fingerprint density at radius 1 is 1.47 bits per heavy atom. The third kappa shape index (κ3) is 3.89. The molecule has 7 heteroatoms. The molecule has 108 valence electrons. The van der Waals surface area contributed by atoms with E-state index in [9.17, 15) is 12.8 Å². The third-order valence-corrected chi connectivity index (χ3v) is 4.98. The van der Waals surface area contributed by atoms with E-state index in [1.165, 1.54) is 12.1 Å². The molecular formula is C12H17ClFNO3S. The van der Waals surface area contributed by atoms with E-state index in [2.05, 4.69) is 4.72 Å². The lowest BCUT2D eigenvalue weighted by molar-refractivity contribution is 0.233. The fourth-order valence-electron chi connectivity index (χ4n) is 1.62. The standard InChI is InChI=1S/C12H17ClFNO3S/c1-3-12(2,7-8-16)15-19(17,18)10-6-4-5-9(13)11(10)14/h4-6,15-16H,3,7-8H2,1-2H3. The van der Waals surface area contributed by atoms with Crippen molar-refractivity contribution in [2.75, 3.05) is 6.61 Å². The molecule has 0 aliphatic heterocycles. The molecule has 0 aromatic heterocycles. The van der Waals surface area contributed by atoms with Crippen LogP contribution in [0.5, 0.6) is 0 Å². The maximum absolute atomic E-state index is 13.8. The molecule has 0 spiro atoms. The maximum atomic E-state index is 13.8. The Morgan fingerprint density at radius 3 is 2.63 bits per heavy atom. The first-order chi connectivity index (χ1) is 8.75. The molecule has 0 amide bonds. The number of benzene rings is 1. The molecule has 0 radical (unpaired) electrons. The lowest BCUT2D eigenvalue weighted by Crippen LogP contribution is -2.46. The zero-order valence-electron chi connectivity index (χ0n) is 10.8. The van der Waals surface area contributed by atoms with Crippen LogP contribution in [0.25, 0.3) is 0 Å². The maximum Gasteiger partial charge on any atom is 0.244 e. The molecule has 1 aromatic rings. The van der Waals surface area contributed by atoms with Crippen molar-refractivity contribution < 1.29 is 17.9 Å². The van der Waals surface area contributed by atoms with Crippen LogP contribution in [0.15, 0.2) is 23.1 Å². The van der Waals surface area contributed by atoms with Crippen LogP contribution in [0.1, 0.15) is 26.7 Å². The van der Waals surface area contributed by atoms with Crippen LogP contribution in [0, 0.1) is 5.82 Å². The molecule has 0 saturated heterocycles. The van der Waals surface area contributed by atoms with E-state index in [0.29, 0.717) is 6.42 Å². The quantitative estimate of drug-likeness (QED) is 0.847. The summed E-state index contributed by atoms with van der Waals surface area (Å²) >= 11 is 5.58. The van der Waals surface area contributed by atoms with Gasteiger partial charge < -0.3 is 5.11 Å². The van der Waals surface area contributed by atoms with Gasteiger partial charge in [-0.3, -0.25) is 0 Å². The smallest absolute Gasteiger partial charge is 0.244 e. The predicted octanol–water partition coefficient (Wildman–Crippen LogP) is 2.31. The predicted molar refractivity (Wildman–Crippen MR) is 72.1 cm³/mol. The lowest BCUT2D eigenvalue weighted by Gasteiger charge is -2.28. The molecule has 0 heterocycles. The normalized spacial score (nSPS) is 15.2. The van der Waals surface area contributed by atoms with Crippen molar-refractivity contribution in [3.63, 3.8) is 0 Å². The second kappa shape index (κ2) is 6.17. The molecule has 2 N–H and O–H groups in total. The Kier molecular flexibility index (Phi) is 5.32. The topological polar surface area (TPSA) is 66.4 Å². The number of aliphatic hydroxyl groups is 1. The van der Waals surface area contributed by atoms with Crippen molar-refractivity contribution in [3.8, 4) is 0 Å². The summed E-state index contributed by atoms with van der Waals surface area (Å²) in [7, 11) is -4.03. The van der Waals surface area contributed by atoms with Gasteiger partial charge in [-0.2, -0.15) is 0 Å². The first-order valence-corrected chi connectivity index (χ1v) is 7.71. The molecule has 0 fully saturated rings. The average molecular weight is 310 g/mol. The van der Waals surface area contributed by atoms with Gasteiger partial charge in [0.15, 0.2) is 5.82 Å². The van der Waals surface area contributed by atoms with Crippen LogP contribution >= 0.6 is 11.6 Å². The summed E-state index contributed by atoms with van der Waals surface area (Å²) in [5, 5.41) is 8.72. The van der Waals surface area contributed by atoms with Crippen molar-refractivity contribution >= 4 is 21.6 Å². The zero-order chi connectivity index (χ0) is 14.7. The minimum absolute atomic E-state index is 0.162. The summed E-state index contributed by atoms with van der Waals surface area (Å²) in [5.41, 5.74) is -0.831. The molecule has 0 bridgehead atoms. The van der Waals surface area contributed by atoms with E-state index in [1.54, 1.807) is 13.8 Å². The minimum atomic E-state index is -4.03. The van der Waals surface area contributed by atoms with Crippen LogP contribution in [0.2, 0.25) is 5.02 Å². The van der Waals surface area contributed by atoms with Gasteiger partial charge in [0, 0.05) is 12.1 Å². The summed E-state index contributed by atoms with van der Waals surface area (Å²) < 4.78 is 40.5. The van der Waals surface area contributed by atoms with E-state index in [-0.39, 0.29) is 18.1 Å². The van der Waals surface area contributed by atoms with Crippen molar-refractivity contribution in [3.05, 3.63) is 29.0 Å². The van der Waals surface area contributed by atoms with Crippen LogP contribution in [0.3, 0.4) is 0 Å². The van der Waals surface area contributed by atoms with E-state index in [0.717, 1.165) is 6.07 Å². The number of aliphatic hydroxyl groups excluding tert-OH is 1. The van der Waals surface area contributed by atoms with Crippen LogP contribution in [-0.4, -0.2) is 25.7 Å². The van der Waals surface area contributed by atoms with E-state index >= 15 is 0 Å². The van der Waals surface area contributed by atoms with Crippen molar-refractivity contribution in [1.82, 2.24) is 4.72 Å². The number of sulfonamides is 1. The number of hydrogen-bond donors (Lipinski definition) is 2. The Hall–Kier alpha value is -0.690. The molecule has 19 heavy (non-hydrogen) atoms. The number of rotatable bonds is 6. The van der Waals surface area contributed by atoms with Gasteiger partial charge in [-0.25, -0.2) is 17.5 Å². The van der Waals surface area contributed by atoms with Gasteiger partial charge in [-0.1, -0.05) is 24.6 Å². The Labute approximate surface area is 117 Å². The molecule has 1 aromatic carbocycles. The lowest BCUT2D eigenvalue weighted by atomic mass is 9.97. The minimum Gasteiger partial charge on any atom is -0.396 e. The van der Waals surface area contributed by atoms with Gasteiger partial charge in [-0.15, -0.1) is 0 Å². The SMILES string of the molecule is CCC(C)(CCO)NS(=O)(=O)c1cccc(Cl)c1F. The number of halogens is 2. The van der Waals surface area contributed by atoms with Gasteiger partial charge in [0.2, 0.25) is 10.0 Å². The fraction of sp³-hybridized carbons (Fsp3) is 0.500. The first-order valence-electron chi connectivity index (χ1n) is 5.84. The van der Waals surface area contributed by atoms with Gasteiger partial charge in [0.1, 0.15) is 4.90 Å². The molecule has 1 rings (SSSR count). The van der Waals surface area contributed by atoms with Crippen molar-refractivity contribution in [1.29, 1.82) is 0 Å². The van der Waals surface area contributed by atoms with Crippen molar-refractivity contribution in [2.45, 2.75) is 37.1 Å². The van der Waals surface area contributed by atoms with Gasteiger partial charge >= 0.3 is 0 Å². The summed E-state index contributed by atoms with van der Waals surface area (Å²) in [4.78, 5) is -0.488. The highest BCUT2D eigenvalue weighted by molar-refractivity contribution is 7.89. The van der Waals surface area contributed by atoms with Gasteiger partial charge in [0.25, 0.3) is 0 Å². The highest BCUT2D eigenvalue weighted by atomic mass is 35.5. The van der Waals surface area contributed by atoms with Gasteiger partial charge in [0.05, 0.1) is 5.02 Å². The van der Waals surface area contributed by atoms with Crippen LogP contribution in [-0.2, 0) is 10.0 Å². The molecule has 0 aliphatic carbocycles. The number of hydrogen-bond acceptors (Lipinski definition) is 3. The second-order valence-corrected chi connectivity index (χ2v) is 6.60. The number of nitrogens with one attached hydrogen (secondary N) is 1. The second-order valence-electron chi connectivity index (χ2n) is 4.55. The molecular weight excluding hydrogens is 293 g/mol. The third-order valence-electron chi connectivity index (χ3n) is 3.03. The van der Waals surface area contributed by atoms with Crippen LogP contribution < -0.4 is 4.72 Å². The Morgan fingerprint density at radius 2 is 2.11 bits per heavy atom. The Bertz CT molecular complexity index is 550. The van der Waals surface area contributed by atoms with Gasteiger partial charge in [-0.05, 0) is 31.9 Å². The van der Waals surface area contributed by atoms with Crippen LogP contribution in [0.4, 0.5) is 4.39 Å². The largest absolute Gasteiger partial charge is 0.396 e. The Balaban J connectivity index is 3.15. The molecule has 0 aliphatic rings. The molecule has 4 nitrogen and oxygen atoms in total. The molecule has 0 saturated carbocycles. The highest BCUT2D eigenvalue weighted by Crippen LogP contribution is 2.24. The summed E-state index contributed by atoms with van der Waals surface area (Å²) in [6.07, 6.45) is 0.708. The highest BCUT2D eigenvalue weighted by Gasteiger charge is 2.30. The zero-order valence-corrected chi connectivity index (χ0v) is 12.4. The van der Waals surface area contributed by atoms with Crippen molar-refractivity contribution in [2.24, 2.45) is 0 Å². The first kappa shape index (κ1) is 16.4. The monoisotopic (exact) mass is 309 g/mol. The summed E-state index contributed by atoms with van der Waals surface area (Å²) in [6, 6.07) is 3.80. The average Bonchev–Trinajstić information content (AvgIpc) is 2.32. The fourth-order valence-corrected chi connectivity index (χ4v) is 3.46. The summed E-state index contributed by atoms with van der Waals surface area (Å²) in [6.45, 7) is 3.28. The van der Waals surface area contributed by atoms with E-state index in [1.807, 2.05) is 0 Å².